The molecule has 0 heterocycles. The minimum absolute atomic E-state index is 0.0354. The Labute approximate surface area is 109 Å². The summed E-state index contributed by atoms with van der Waals surface area (Å²) in [6.45, 7) is 18.6. The molecule has 0 aromatic carbocycles. The number of rotatable bonds is 6. The van der Waals surface area contributed by atoms with Crippen molar-refractivity contribution in [1.29, 1.82) is 0 Å². The van der Waals surface area contributed by atoms with E-state index in [0.717, 1.165) is 12.1 Å². The van der Waals surface area contributed by atoms with E-state index in [9.17, 15) is 0 Å². The monoisotopic (exact) mass is 266 g/mol. The second kappa shape index (κ2) is 7.00. The van der Waals surface area contributed by atoms with Crippen LogP contribution in [-0.4, -0.2) is 22.5 Å². The van der Waals surface area contributed by atoms with E-state index >= 15 is 0 Å². The van der Waals surface area contributed by atoms with Gasteiger partial charge < -0.3 is 4.43 Å². The van der Waals surface area contributed by atoms with E-state index in [1.54, 1.807) is 0 Å². The maximum Gasteiger partial charge on any atom is 0.192 e. The van der Waals surface area contributed by atoms with Gasteiger partial charge in [-0.25, -0.2) is 0 Å². The Bertz CT molecular complexity index is 321. The zero-order valence-corrected chi connectivity index (χ0v) is 14.0. The van der Waals surface area contributed by atoms with Crippen LogP contribution in [0.3, 0.4) is 0 Å². The maximum atomic E-state index is 6.04. The average molecular weight is 267 g/mol. The van der Waals surface area contributed by atoms with Crippen LogP contribution in [0.5, 0.6) is 0 Å². The van der Waals surface area contributed by atoms with Crippen molar-refractivity contribution >= 4 is 16.4 Å². The van der Waals surface area contributed by atoms with E-state index in [1.807, 2.05) is 19.1 Å². The van der Waals surface area contributed by atoms with Crippen molar-refractivity contribution in [2.24, 2.45) is 0 Å². The lowest BCUT2D eigenvalue weighted by atomic mass is 10.4. The van der Waals surface area contributed by atoms with Crippen molar-refractivity contribution in [3.8, 4) is 11.5 Å². The lowest BCUT2D eigenvalue weighted by molar-refractivity contribution is 0.269. The molecule has 0 aliphatic carbocycles. The molecular weight excluding hydrogens is 240 g/mol. The largest absolute Gasteiger partial charge is 0.404 e. The Hall–Kier alpha value is -0.566. The molecule has 0 saturated heterocycles. The predicted molar refractivity (Wildman–Crippen MR) is 83.3 cm³/mol. The highest BCUT2D eigenvalue weighted by atomic mass is 28.4. The zero-order valence-electron chi connectivity index (χ0n) is 12.0. The highest BCUT2D eigenvalue weighted by Gasteiger charge is 2.23. The van der Waals surface area contributed by atoms with Crippen LogP contribution >= 0.6 is 0 Å². The van der Waals surface area contributed by atoms with E-state index in [0.29, 0.717) is 0 Å². The first-order valence-electron chi connectivity index (χ1n) is 6.15. The fraction of sp³-hybridized carbons (Fsp3) is 0.571. The van der Waals surface area contributed by atoms with Crippen LogP contribution in [0.2, 0.25) is 38.3 Å². The van der Waals surface area contributed by atoms with Crippen molar-refractivity contribution in [2.45, 2.75) is 51.3 Å². The third-order valence-electron chi connectivity index (χ3n) is 2.40. The first kappa shape index (κ1) is 16.4. The van der Waals surface area contributed by atoms with Gasteiger partial charge in [-0.1, -0.05) is 31.2 Å². The summed E-state index contributed by atoms with van der Waals surface area (Å²) in [7, 11) is -3.03. The van der Waals surface area contributed by atoms with Crippen molar-refractivity contribution in [3.63, 3.8) is 0 Å². The molecule has 96 valence electrons. The van der Waals surface area contributed by atoms with E-state index in [2.05, 4.69) is 50.8 Å². The van der Waals surface area contributed by atoms with E-state index in [-0.39, 0.29) is 6.10 Å². The van der Waals surface area contributed by atoms with E-state index in [1.165, 1.54) is 0 Å². The van der Waals surface area contributed by atoms with Gasteiger partial charge in [0.25, 0.3) is 0 Å². The first-order chi connectivity index (χ1) is 7.72. The normalized spacial score (nSPS) is 13.5. The minimum Gasteiger partial charge on any atom is -0.404 e. The molecule has 17 heavy (non-hydrogen) atoms. The first-order valence-corrected chi connectivity index (χ1v) is 12.5. The van der Waals surface area contributed by atoms with E-state index in [4.69, 9.17) is 4.43 Å². The van der Waals surface area contributed by atoms with Crippen molar-refractivity contribution in [3.05, 3.63) is 25.3 Å². The molecule has 1 atom stereocenters. The van der Waals surface area contributed by atoms with Crippen LogP contribution in [0.1, 0.15) is 6.92 Å². The Morgan fingerprint density at radius 2 is 1.65 bits per heavy atom. The van der Waals surface area contributed by atoms with Crippen LogP contribution < -0.4 is 0 Å². The smallest absolute Gasteiger partial charge is 0.192 e. The van der Waals surface area contributed by atoms with Gasteiger partial charge in [0.15, 0.2) is 8.32 Å². The van der Waals surface area contributed by atoms with Gasteiger partial charge >= 0.3 is 0 Å². The van der Waals surface area contributed by atoms with Crippen LogP contribution in [0.15, 0.2) is 25.3 Å². The van der Waals surface area contributed by atoms with Crippen molar-refractivity contribution in [2.75, 3.05) is 0 Å². The predicted octanol–water partition coefficient (Wildman–Crippen LogP) is 4.22. The summed E-state index contributed by atoms with van der Waals surface area (Å²) in [4.78, 5) is 0. The van der Waals surface area contributed by atoms with Crippen LogP contribution in [0.4, 0.5) is 0 Å². The van der Waals surface area contributed by atoms with Gasteiger partial charge in [-0.15, -0.1) is 18.7 Å². The van der Waals surface area contributed by atoms with Crippen LogP contribution in [-0.2, 0) is 4.43 Å². The third-order valence-corrected chi connectivity index (χ3v) is 6.79. The summed E-state index contributed by atoms with van der Waals surface area (Å²) < 4.78 is 6.04. The lowest BCUT2D eigenvalue weighted by Gasteiger charge is -2.23. The highest BCUT2D eigenvalue weighted by Crippen LogP contribution is 2.14. The molecule has 1 nitrogen and oxygen atoms in total. The fourth-order valence-electron chi connectivity index (χ4n) is 1.61. The molecule has 0 spiro atoms. The van der Waals surface area contributed by atoms with Gasteiger partial charge in [0.2, 0.25) is 0 Å². The molecule has 0 amide bonds. The standard InChI is InChI=1S/C14H26OSi2/c1-8-11-16(4,5)13-10-14(3)15-17(6,7)12-9-2/h8-9,14H,1-2,11-12H2,3-7H3. The number of hydrogen-bond acceptors (Lipinski definition) is 1. The lowest BCUT2D eigenvalue weighted by Crippen LogP contribution is -2.33. The molecule has 0 aliphatic heterocycles. The molecule has 1 unspecified atom stereocenters. The van der Waals surface area contributed by atoms with Crippen LogP contribution in [0, 0.1) is 11.5 Å². The number of allylic oxidation sites excluding steroid dienone is 2. The summed E-state index contributed by atoms with van der Waals surface area (Å²) in [5.41, 5.74) is 3.41. The number of hydrogen-bond donors (Lipinski definition) is 0. The quantitative estimate of drug-likeness (QED) is 0.397. The molecule has 3 heteroatoms. The Morgan fingerprint density at radius 1 is 1.12 bits per heavy atom. The molecule has 0 radical (unpaired) electrons. The summed E-state index contributed by atoms with van der Waals surface area (Å²) in [5, 5.41) is 0. The maximum absolute atomic E-state index is 6.04. The fourth-order valence-corrected chi connectivity index (χ4v) is 4.84. The van der Waals surface area contributed by atoms with Gasteiger partial charge in [0.05, 0.1) is 0 Å². The van der Waals surface area contributed by atoms with E-state index < -0.39 is 16.4 Å². The van der Waals surface area contributed by atoms with Gasteiger partial charge in [0, 0.05) is 0 Å². The molecule has 0 aliphatic rings. The van der Waals surface area contributed by atoms with Gasteiger partial charge in [-0.3, -0.25) is 0 Å². The third kappa shape index (κ3) is 8.20. The zero-order chi connectivity index (χ0) is 13.5. The second-order valence-electron chi connectivity index (χ2n) is 5.66. The summed E-state index contributed by atoms with van der Waals surface area (Å²) in [6, 6.07) is 2.02. The molecule has 0 rings (SSSR count). The van der Waals surface area contributed by atoms with Gasteiger partial charge in [-0.2, -0.15) is 0 Å². The van der Waals surface area contributed by atoms with Crippen LogP contribution in [0.25, 0.3) is 0 Å². The summed E-state index contributed by atoms with van der Waals surface area (Å²) >= 11 is 0. The second-order valence-corrected chi connectivity index (χ2v) is 14.2. The van der Waals surface area contributed by atoms with Gasteiger partial charge in [-0.05, 0) is 32.1 Å². The molecule has 0 aromatic heterocycles. The molecule has 0 N–H and O–H groups in total. The Morgan fingerprint density at radius 3 is 2.12 bits per heavy atom. The highest BCUT2D eigenvalue weighted by molar-refractivity contribution is 6.85. The molecular formula is C14H26OSi2. The minimum atomic E-state index is -1.61. The summed E-state index contributed by atoms with van der Waals surface area (Å²) in [5.74, 6) is 3.26. The Balaban J connectivity index is 4.45. The average Bonchev–Trinajstić information content (AvgIpc) is 2.14. The SMILES string of the molecule is C=CC[Si](C)(C)C#CC(C)O[Si](C)(C)CC=C. The van der Waals surface area contributed by atoms with Crippen molar-refractivity contribution in [1.82, 2.24) is 0 Å². The molecule has 0 fully saturated rings. The molecule has 0 saturated carbocycles. The summed E-state index contributed by atoms with van der Waals surface area (Å²) in [6.07, 6.45) is 3.96. The van der Waals surface area contributed by atoms with Gasteiger partial charge in [0.1, 0.15) is 14.2 Å². The topological polar surface area (TPSA) is 9.23 Å². The van der Waals surface area contributed by atoms with Crippen molar-refractivity contribution < 1.29 is 4.43 Å². The molecule has 0 aromatic rings. The Kier molecular flexibility index (Phi) is 6.77. The molecule has 0 bridgehead atoms.